The average Bonchev–Trinajstić information content (AvgIpc) is 2.33. The van der Waals surface area contributed by atoms with E-state index >= 15 is 0 Å². The van der Waals surface area contributed by atoms with Gasteiger partial charge in [0.15, 0.2) is 0 Å². The number of carboxylic acids is 1. The summed E-state index contributed by atoms with van der Waals surface area (Å²) in [7, 11) is 1.60. The second-order valence-electron chi connectivity index (χ2n) is 4.65. The van der Waals surface area contributed by atoms with E-state index in [0.717, 1.165) is 11.3 Å². The van der Waals surface area contributed by atoms with Crippen molar-refractivity contribution in [1.29, 1.82) is 0 Å². The first-order chi connectivity index (χ1) is 8.65. The Kier molecular flexibility index (Phi) is 3.57. The topological polar surface area (TPSA) is 55.8 Å². The lowest BCUT2D eigenvalue weighted by Gasteiger charge is -2.46. The van der Waals surface area contributed by atoms with Crippen LogP contribution in [0.25, 0.3) is 0 Å². The molecular formula is C14H18O4. The van der Waals surface area contributed by atoms with Gasteiger partial charge in [-0.1, -0.05) is 25.1 Å². The van der Waals surface area contributed by atoms with Crippen LogP contribution in [-0.2, 0) is 14.9 Å². The molecule has 1 aromatic rings. The molecule has 1 unspecified atom stereocenters. The van der Waals surface area contributed by atoms with Crippen molar-refractivity contribution in [3.8, 4) is 5.75 Å². The van der Waals surface area contributed by atoms with Crippen molar-refractivity contribution >= 4 is 5.97 Å². The number of carboxylic acid groups (broad SMARTS) is 1. The third-order valence-electron chi connectivity index (χ3n) is 3.74. The van der Waals surface area contributed by atoms with Crippen LogP contribution in [0, 0.1) is 5.92 Å². The van der Waals surface area contributed by atoms with Crippen molar-refractivity contribution < 1.29 is 19.4 Å². The molecule has 1 aliphatic heterocycles. The van der Waals surface area contributed by atoms with Crippen LogP contribution in [-0.4, -0.2) is 31.4 Å². The minimum absolute atomic E-state index is 0.442. The maximum Gasteiger partial charge on any atom is 0.307 e. The van der Waals surface area contributed by atoms with E-state index in [2.05, 4.69) is 0 Å². The molecule has 0 saturated carbocycles. The van der Waals surface area contributed by atoms with Gasteiger partial charge in [0.25, 0.3) is 0 Å². The highest BCUT2D eigenvalue weighted by Crippen LogP contribution is 2.44. The molecule has 18 heavy (non-hydrogen) atoms. The van der Waals surface area contributed by atoms with Gasteiger partial charge in [0, 0.05) is 5.56 Å². The summed E-state index contributed by atoms with van der Waals surface area (Å²) in [6.45, 7) is 2.78. The van der Waals surface area contributed by atoms with Crippen molar-refractivity contribution in [2.45, 2.75) is 18.8 Å². The van der Waals surface area contributed by atoms with Crippen LogP contribution in [0.3, 0.4) is 0 Å². The predicted octanol–water partition coefficient (Wildman–Crippen LogP) is 2.07. The van der Waals surface area contributed by atoms with Crippen molar-refractivity contribution in [3.63, 3.8) is 0 Å². The number of ether oxygens (including phenoxy) is 2. The fourth-order valence-corrected chi connectivity index (χ4v) is 2.72. The minimum atomic E-state index is -0.772. The predicted molar refractivity (Wildman–Crippen MR) is 66.9 cm³/mol. The molecule has 0 amide bonds. The largest absolute Gasteiger partial charge is 0.496 e. The lowest BCUT2D eigenvalue weighted by Crippen LogP contribution is -2.54. The molecule has 1 aliphatic rings. The highest BCUT2D eigenvalue weighted by Gasteiger charge is 2.51. The van der Waals surface area contributed by atoms with Crippen LogP contribution < -0.4 is 4.74 Å². The third-order valence-corrected chi connectivity index (χ3v) is 3.74. The number of hydrogen-bond acceptors (Lipinski definition) is 3. The number of carbonyl (C=O) groups is 1. The Balaban J connectivity index is 2.46. The van der Waals surface area contributed by atoms with Crippen molar-refractivity contribution in [3.05, 3.63) is 29.8 Å². The highest BCUT2D eigenvalue weighted by atomic mass is 16.5. The Hall–Kier alpha value is -1.55. The summed E-state index contributed by atoms with van der Waals surface area (Å²) in [5.41, 5.74) is 0.487. The molecule has 1 aromatic carbocycles. The van der Waals surface area contributed by atoms with Crippen molar-refractivity contribution in [2.75, 3.05) is 20.3 Å². The quantitative estimate of drug-likeness (QED) is 0.869. The molecule has 0 spiro atoms. The molecule has 1 saturated heterocycles. The standard InChI is InChI=1S/C14H18O4/c1-3-10(13(15)16)14(8-18-9-14)11-6-4-5-7-12(11)17-2/h4-7,10H,3,8-9H2,1-2H3,(H,15,16). The van der Waals surface area contributed by atoms with E-state index in [1.54, 1.807) is 7.11 Å². The van der Waals surface area contributed by atoms with Gasteiger partial charge >= 0.3 is 5.97 Å². The lowest BCUT2D eigenvalue weighted by atomic mass is 9.67. The Morgan fingerprint density at radius 1 is 1.50 bits per heavy atom. The van der Waals surface area contributed by atoms with E-state index in [1.807, 2.05) is 31.2 Å². The Morgan fingerprint density at radius 2 is 2.17 bits per heavy atom. The van der Waals surface area contributed by atoms with Gasteiger partial charge in [0.1, 0.15) is 5.75 Å². The number of rotatable bonds is 5. The van der Waals surface area contributed by atoms with Gasteiger partial charge in [-0.2, -0.15) is 0 Å². The lowest BCUT2D eigenvalue weighted by molar-refractivity contribution is -0.157. The van der Waals surface area contributed by atoms with Crippen LogP contribution in [0.1, 0.15) is 18.9 Å². The zero-order valence-corrected chi connectivity index (χ0v) is 10.7. The minimum Gasteiger partial charge on any atom is -0.496 e. The zero-order valence-electron chi connectivity index (χ0n) is 10.7. The summed E-state index contributed by atoms with van der Waals surface area (Å²) in [6, 6.07) is 7.60. The van der Waals surface area contributed by atoms with Crippen molar-refractivity contribution in [1.82, 2.24) is 0 Å². The normalized spacial score (nSPS) is 18.8. The molecule has 4 heteroatoms. The summed E-state index contributed by atoms with van der Waals surface area (Å²) in [5, 5.41) is 9.40. The van der Waals surface area contributed by atoms with Gasteiger partial charge in [0.05, 0.1) is 31.7 Å². The fraction of sp³-hybridized carbons (Fsp3) is 0.500. The van der Waals surface area contributed by atoms with E-state index in [0.29, 0.717) is 19.6 Å². The highest BCUT2D eigenvalue weighted by molar-refractivity contribution is 5.73. The van der Waals surface area contributed by atoms with E-state index in [1.165, 1.54) is 0 Å². The summed E-state index contributed by atoms with van der Waals surface area (Å²) in [5.74, 6) is -0.477. The number of para-hydroxylation sites is 1. The molecule has 0 aliphatic carbocycles. The molecule has 1 atom stereocenters. The molecule has 98 valence electrons. The van der Waals surface area contributed by atoms with E-state index in [9.17, 15) is 9.90 Å². The maximum atomic E-state index is 11.4. The second kappa shape index (κ2) is 4.98. The first-order valence-electron chi connectivity index (χ1n) is 6.09. The molecule has 0 bridgehead atoms. The maximum absolute atomic E-state index is 11.4. The molecule has 2 rings (SSSR count). The van der Waals surface area contributed by atoms with E-state index in [4.69, 9.17) is 9.47 Å². The molecule has 4 nitrogen and oxygen atoms in total. The first kappa shape index (κ1) is 12.9. The van der Waals surface area contributed by atoms with Gasteiger partial charge in [0.2, 0.25) is 0 Å². The third kappa shape index (κ3) is 1.86. The molecule has 1 fully saturated rings. The summed E-state index contributed by atoms with van der Waals surface area (Å²) >= 11 is 0. The number of hydrogen-bond donors (Lipinski definition) is 1. The SMILES string of the molecule is CCC(C(=O)O)C1(c2ccccc2OC)COC1. The molecule has 1 N–H and O–H groups in total. The van der Waals surface area contributed by atoms with Gasteiger partial charge in [-0.3, -0.25) is 4.79 Å². The van der Waals surface area contributed by atoms with Crippen LogP contribution in [0.15, 0.2) is 24.3 Å². The smallest absolute Gasteiger partial charge is 0.307 e. The number of methoxy groups -OCH3 is 1. The van der Waals surface area contributed by atoms with Crippen LogP contribution in [0.2, 0.25) is 0 Å². The Morgan fingerprint density at radius 3 is 2.61 bits per heavy atom. The summed E-state index contributed by atoms with van der Waals surface area (Å²) < 4.78 is 10.7. The van der Waals surface area contributed by atoms with Crippen LogP contribution in [0.5, 0.6) is 5.75 Å². The zero-order chi connectivity index (χ0) is 13.2. The second-order valence-corrected chi connectivity index (χ2v) is 4.65. The first-order valence-corrected chi connectivity index (χ1v) is 6.09. The number of aliphatic carboxylic acids is 1. The Labute approximate surface area is 107 Å². The van der Waals surface area contributed by atoms with Gasteiger partial charge in [-0.15, -0.1) is 0 Å². The summed E-state index contributed by atoms with van der Waals surface area (Å²) in [6.07, 6.45) is 0.580. The van der Waals surface area contributed by atoms with Gasteiger partial charge < -0.3 is 14.6 Å². The van der Waals surface area contributed by atoms with Gasteiger partial charge in [-0.25, -0.2) is 0 Å². The monoisotopic (exact) mass is 250 g/mol. The average molecular weight is 250 g/mol. The molecule has 0 aromatic heterocycles. The van der Waals surface area contributed by atoms with E-state index in [-0.39, 0.29) is 0 Å². The van der Waals surface area contributed by atoms with Gasteiger partial charge in [-0.05, 0) is 12.5 Å². The molecule has 1 heterocycles. The molecule has 0 radical (unpaired) electrons. The van der Waals surface area contributed by atoms with Crippen molar-refractivity contribution in [2.24, 2.45) is 5.92 Å². The van der Waals surface area contributed by atoms with Crippen LogP contribution in [0.4, 0.5) is 0 Å². The number of benzene rings is 1. The molecular weight excluding hydrogens is 232 g/mol. The summed E-state index contributed by atoms with van der Waals surface area (Å²) in [4.78, 5) is 11.4. The Bertz CT molecular complexity index is 437. The van der Waals surface area contributed by atoms with Crippen LogP contribution >= 0.6 is 0 Å². The van der Waals surface area contributed by atoms with E-state index < -0.39 is 17.3 Å². The fourth-order valence-electron chi connectivity index (χ4n) is 2.72.